The van der Waals surface area contributed by atoms with Crippen LogP contribution >= 0.6 is 11.3 Å². The van der Waals surface area contributed by atoms with Gasteiger partial charge in [0.1, 0.15) is 5.76 Å². The smallest absolute Gasteiger partial charge is 0.256 e. The van der Waals surface area contributed by atoms with Crippen molar-refractivity contribution in [2.45, 2.75) is 20.0 Å². The molecule has 5 aromatic rings. The summed E-state index contributed by atoms with van der Waals surface area (Å²) in [4.78, 5) is 19.5. The molecule has 7 nitrogen and oxygen atoms in total. The number of benzene rings is 2. The van der Waals surface area contributed by atoms with Crippen LogP contribution < -0.4 is 5.32 Å². The molecule has 1 N–H and O–H groups in total. The third-order valence-corrected chi connectivity index (χ3v) is 6.29. The zero-order valence-corrected chi connectivity index (χ0v) is 20.3. The molecule has 0 fully saturated rings. The van der Waals surface area contributed by atoms with Crippen LogP contribution in [-0.2, 0) is 13.1 Å². The average molecular weight is 484 g/mol. The Balaban J connectivity index is 1.29. The van der Waals surface area contributed by atoms with E-state index in [-0.39, 0.29) is 5.91 Å². The Morgan fingerprint density at radius 3 is 2.69 bits per heavy atom. The van der Waals surface area contributed by atoms with Crippen LogP contribution in [0.5, 0.6) is 0 Å². The molecule has 0 aliphatic carbocycles. The van der Waals surface area contributed by atoms with Crippen molar-refractivity contribution in [3.05, 3.63) is 106 Å². The summed E-state index contributed by atoms with van der Waals surface area (Å²) in [6, 6.07) is 19.4. The fourth-order valence-electron chi connectivity index (χ4n) is 3.84. The predicted octanol–water partition coefficient (Wildman–Crippen LogP) is 5.78. The van der Waals surface area contributed by atoms with Crippen LogP contribution in [0.25, 0.3) is 17.1 Å². The van der Waals surface area contributed by atoms with Crippen molar-refractivity contribution in [1.82, 2.24) is 19.7 Å². The van der Waals surface area contributed by atoms with Crippen LogP contribution in [0, 0.1) is 6.92 Å². The number of hydrogen-bond donors (Lipinski definition) is 1. The van der Waals surface area contributed by atoms with Crippen molar-refractivity contribution < 1.29 is 9.21 Å². The molecule has 0 radical (unpaired) electrons. The molecule has 176 valence electrons. The highest BCUT2D eigenvalue weighted by Gasteiger charge is 2.18. The number of anilines is 1. The monoisotopic (exact) mass is 483 g/mol. The first-order valence-corrected chi connectivity index (χ1v) is 12.2. The minimum Gasteiger partial charge on any atom is -0.441 e. The Bertz CT molecular complexity index is 1420. The quantitative estimate of drug-likeness (QED) is 0.303. The van der Waals surface area contributed by atoms with Gasteiger partial charge in [-0.1, -0.05) is 30.3 Å². The van der Waals surface area contributed by atoms with Gasteiger partial charge in [0.2, 0.25) is 5.89 Å². The van der Waals surface area contributed by atoms with Crippen LogP contribution in [0.1, 0.15) is 27.4 Å². The van der Waals surface area contributed by atoms with Gasteiger partial charge in [-0.2, -0.15) is 16.4 Å². The zero-order chi connectivity index (χ0) is 24.2. The van der Waals surface area contributed by atoms with E-state index in [0.717, 1.165) is 34.8 Å². The second-order valence-corrected chi connectivity index (χ2v) is 9.11. The summed E-state index contributed by atoms with van der Waals surface area (Å²) < 4.78 is 7.90. The number of nitrogens with one attached hydrogen (secondary N) is 1. The number of aryl methyl sites for hydroxylation is 1. The Kier molecular flexibility index (Phi) is 6.56. The maximum atomic E-state index is 12.6. The highest BCUT2D eigenvalue weighted by molar-refractivity contribution is 7.08. The third kappa shape index (κ3) is 5.24. The fourth-order valence-corrected chi connectivity index (χ4v) is 4.48. The lowest BCUT2D eigenvalue weighted by Crippen LogP contribution is -2.17. The molecule has 0 spiro atoms. The number of carbonyl (C=O) groups is 1. The summed E-state index contributed by atoms with van der Waals surface area (Å²) in [6.45, 7) is 3.26. The van der Waals surface area contributed by atoms with E-state index in [4.69, 9.17) is 9.40 Å². The van der Waals surface area contributed by atoms with Gasteiger partial charge in [-0.15, -0.1) is 0 Å². The van der Waals surface area contributed by atoms with Crippen molar-refractivity contribution in [3.63, 3.8) is 0 Å². The number of rotatable bonds is 8. The molecule has 3 heterocycles. The van der Waals surface area contributed by atoms with Crippen molar-refractivity contribution in [2.24, 2.45) is 0 Å². The molecule has 0 unspecified atom stereocenters. The largest absolute Gasteiger partial charge is 0.441 e. The summed E-state index contributed by atoms with van der Waals surface area (Å²) in [6.07, 6.45) is 3.93. The van der Waals surface area contributed by atoms with Crippen molar-refractivity contribution in [2.75, 3.05) is 12.4 Å². The van der Waals surface area contributed by atoms with E-state index in [1.165, 1.54) is 11.3 Å². The molecule has 0 bridgehead atoms. The lowest BCUT2D eigenvalue weighted by atomic mass is 10.1. The summed E-state index contributed by atoms with van der Waals surface area (Å²) in [5.41, 5.74) is 5.04. The molecule has 8 heteroatoms. The molecule has 0 saturated heterocycles. The van der Waals surface area contributed by atoms with Crippen LogP contribution in [0.3, 0.4) is 0 Å². The van der Waals surface area contributed by atoms with E-state index in [1.807, 2.05) is 96.4 Å². The molecule has 0 atom stereocenters. The van der Waals surface area contributed by atoms with Gasteiger partial charge >= 0.3 is 0 Å². The lowest BCUT2D eigenvalue weighted by molar-refractivity contribution is 0.102. The SMILES string of the molecule is Cc1oc(-c2ccccc2NC(=O)c2ccsc2)nc1CN(C)Cc1cnn(-c2ccccc2)c1. The first kappa shape index (κ1) is 22.8. The standard InChI is InChI=1S/C27H25N5O2S/c1-19-25(17-31(2)15-20-14-28-32(16-20)22-8-4-3-5-9-22)30-27(34-19)23-10-6-7-11-24(23)29-26(33)21-12-13-35-18-21/h3-14,16,18H,15,17H2,1-2H3,(H,29,33). The van der Waals surface area contributed by atoms with Gasteiger partial charge in [-0.05, 0) is 49.7 Å². The summed E-state index contributed by atoms with van der Waals surface area (Å²) in [5, 5.41) is 11.2. The summed E-state index contributed by atoms with van der Waals surface area (Å²) in [7, 11) is 2.04. The minimum atomic E-state index is -0.155. The predicted molar refractivity (Wildman–Crippen MR) is 138 cm³/mol. The van der Waals surface area contributed by atoms with E-state index in [2.05, 4.69) is 15.3 Å². The molecular weight excluding hydrogens is 458 g/mol. The lowest BCUT2D eigenvalue weighted by Gasteiger charge is -2.14. The van der Waals surface area contributed by atoms with Crippen LogP contribution in [-0.4, -0.2) is 32.6 Å². The van der Waals surface area contributed by atoms with Crippen molar-refractivity contribution >= 4 is 22.9 Å². The second kappa shape index (κ2) is 10.1. The molecule has 2 aromatic carbocycles. The van der Waals surface area contributed by atoms with E-state index in [9.17, 15) is 4.79 Å². The van der Waals surface area contributed by atoms with Crippen molar-refractivity contribution in [3.8, 4) is 17.1 Å². The van der Waals surface area contributed by atoms with E-state index >= 15 is 0 Å². The summed E-state index contributed by atoms with van der Waals surface area (Å²) in [5.74, 6) is 1.09. The number of hydrogen-bond acceptors (Lipinski definition) is 6. The summed E-state index contributed by atoms with van der Waals surface area (Å²) >= 11 is 1.49. The van der Waals surface area contributed by atoms with Crippen molar-refractivity contribution in [1.29, 1.82) is 0 Å². The number of carbonyl (C=O) groups excluding carboxylic acids is 1. The number of nitrogens with zero attached hydrogens (tertiary/aromatic N) is 4. The molecule has 35 heavy (non-hydrogen) atoms. The maximum absolute atomic E-state index is 12.6. The Morgan fingerprint density at radius 1 is 1.09 bits per heavy atom. The Morgan fingerprint density at radius 2 is 1.89 bits per heavy atom. The fraction of sp³-hybridized carbons (Fsp3) is 0.148. The number of thiophene rings is 1. The van der Waals surface area contributed by atoms with E-state index < -0.39 is 0 Å². The first-order chi connectivity index (χ1) is 17.1. The van der Waals surface area contributed by atoms with Gasteiger partial charge in [0, 0.05) is 30.2 Å². The normalized spacial score (nSPS) is 11.2. The van der Waals surface area contributed by atoms with Gasteiger partial charge in [0.25, 0.3) is 5.91 Å². The molecule has 0 aliphatic heterocycles. The van der Waals surface area contributed by atoms with E-state index in [1.54, 1.807) is 6.07 Å². The molecular formula is C27H25N5O2S. The number of oxazole rings is 1. The Labute approximate surface area is 207 Å². The topological polar surface area (TPSA) is 76.2 Å². The van der Waals surface area contributed by atoms with Gasteiger partial charge in [-0.25, -0.2) is 9.67 Å². The first-order valence-electron chi connectivity index (χ1n) is 11.2. The van der Waals surface area contributed by atoms with Gasteiger partial charge in [-0.3, -0.25) is 9.69 Å². The second-order valence-electron chi connectivity index (χ2n) is 8.33. The van der Waals surface area contributed by atoms with Gasteiger partial charge < -0.3 is 9.73 Å². The number of amides is 1. The average Bonchev–Trinajstić information content (AvgIpc) is 3.63. The van der Waals surface area contributed by atoms with E-state index in [0.29, 0.717) is 23.7 Å². The number of para-hydroxylation sites is 2. The zero-order valence-electron chi connectivity index (χ0n) is 19.5. The van der Waals surface area contributed by atoms with Gasteiger partial charge in [0.15, 0.2) is 0 Å². The van der Waals surface area contributed by atoms with Gasteiger partial charge in [0.05, 0.1) is 34.4 Å². The minimum absolute atomic E-state index is 0.155. The molecule has 3 aromatic heterocycles. The number of aromatic nitrogens is 3. The Hall–Kier alpha value is -4.01. The highest BCUT2D eigenvalue weighted by atomic mass is 32.1. The van der Waals surface area contributed by atoms with Crippen LogP contribution in [0.15, 0.2) is 88.2 Å². The van der Waals surface area contributed by atoms with Crippen LogP contribution in [0.4, 0.5) is 5.69 Å². The highest BCUT2D eigenvalue weighted by Crippen LogP contribution is 2.30. The molecule has 0 aliphatic rings. The molecule has 0 saturated carbocycles. The van der Waals surface area contributed by atoms with Crippen LogP contribution in [0.2, 0.25) is 0 Å². The third-order valence-electron chi connectivity index (χ3n) is 5.61. The maximum Gasteiger partial charge on any atom is 0.256 e. The molecule has 5 rings (SSSR count). The molecule has 1 amide bonds.